The predicted molar refractivity (Wildman–Crippen MR) is 109 cm³/mol. The first kappa shape index (κ1) is 20.8. The highest BCUT2D eigenvalue weighted by atomic mass is 79.9. The van der Waals surface area contributed by atoms with Crippen molar-refractivity contribution in [2.24, 2.45) is 0 Å². The van der Waals surface area contributed by atoms with E-state index in [1.165, 1.54) is 17.1 Å². The van der Waals surface area contributed by atoms with Gasteiger partial charge in [-0.05, 0) is 43.6 Å². The van der Waals surface area contributed by atoms with E-state index in [1.54, 1.807) is 4.68 Å². The Morgan fingerprint density at radius 2 is 1.76 bits per heavy atom. The zero-order valence-corrected chi connectivity index (χ0v) is 18.2. The number of anilines is 1. The molecule has 0 aliphatic rings. The molecule has 0 aliphatic heterocycles. The summed E-state index contributed by atoms with van der Waals surface area (Å²) in [5.74, 6) is -1.24. The number of hydrogen-bond donors (Lipinski definition) is 2. The molecule has 10 nitrogen and oxygen atoms in total. The number of rotatable bonds is 7. The van der Waals surface area contributed by atoms with Crippen LogP contribution >= 0.6 is 15.9 Å². The zero-order valence-electron chi connectivity index (χ0n) is 16.6. The minimum Gasteiger partial charge on any atom is -0.478 e. The van der Waals surface area contributed by atoms with Crippen molar-refractivity contribution in [3.05, 3.63) is 45.2 Å². The van der Waals surface area contributed by atoms with Crippen molar-refractivity contribution in [2.75, 3.05) is 5.32 Å². The van der Waals surface area contributed by atoms with Crippen LogP contribution in [-0.2, 0) is 18.0 Å². The number of amides is 1. The van der Waals surface area contributed by atoms with Gasteiger partial charge in [-0.2, -0.15) is 15.3 Å². The zero-order chi connectivity index (χ0) is 21.3. The van der Waals surface area contributed by atoms with Crippen LogP contribution in [0, 0.1) is 27.7 Å². The minimum absolute atomic E-state index is 0.0918. The number of carboxylic acid groups (broad SMARTS) is 1. The normalized spacial score (nSPS) is 11.1. The first-order valence-electron chi connectivity index (χ1n) is 8.96. The molecule has 1 amide bonds. The molecule has 0 saturated carbocycles. The van der Waals surface area contributed by atoms with E-state index in [0.29, 0.717) is 18.1 Å². The molecule has 3 rings (SSSR count). The van der Waals surface area contributed by atoms with E-state index in [0.717, 1.165) is 21.6 Å². The van der Waals surface area contributed by atoms with E-state index in [2.05, 4.69) is 36.5 Å². The summed E-state index contributed by atoms with van der Waals surface area (Å²) in [6.07, 6.45) is 2.82. The first-order valence-corrected chi connectivity index (χ1v) is 9.75. The Kier molecular flexibility index (Phi) is 5.87. The standard InChI is InChI=1S/C18H22BrN7O3/c1-10-16(19)12(3)25(22-10)9-26-13(4)17(11(2)23-26)21-15(27)5-6-24-8-14(7-20-24)18(28)29/h7-8H,5-6,9H2,1-4H3,(H,21,27)(H,28,29). The van der Waals surface area contributed by atoms with Crippen LogP contribution in [0.25, 0.3) is 0 Å². The SMILES string of the molecule is Cc1nn(Cn2nc(C)c(NC(=O)CCn3cc(C(=O)O)cn3)c2C)c(C)c1Br. The summed E-state index contributed by atoms with van der Waals surface area (Å²) in [6, 6.07) is 0. The van der Waals surface area contributed by atoms with Crippen molar-refractivity contribution < 1.29 is 14.7 Å². The first-order chi connectivity index (χ1) is 13.7. The second kappa shape index (κ2) is 8.19. The van der Waals surface area contributed by atoms with Crippen molar-refractivity contribution in [3.8, 4) is 0 Å². The Morgan fingerprint density at radius 3 is 2.34 bits per heavy atom. The van der Waals surface area contributed by atoms with Gasteiger partial charge in [-0.15, -0.1) is 0 Å². The van der Waals surface area contributed by atoms with Crippen LogP contribution in [-0.4, -0.2) is 46.3 Å². The minimum atomic E-state index is -1.05. The third-order valence-electron chi connectivity index (χ3n) is 4.66. The largest absolute Gasteiger partial charge is 0.478 e. The molecule has 0 aromatic carbocycles. The number of aromatic nitrogens is 6. The summed E-state index contributed by atoms with van der Waals surface area (Å²) < 4.78 is 6.05. The van der Waals surface area contributed by atoms with Crippen LogP contribution in [0.15, 0.2) is 16.9 Å². The molecule has 0 radical (unpaired) electrons. The van der Waals surface area contributed by atoms with Gasteiger partial charge in [-0.25, -0.2) is 14.2 Å². The molecule has 0 atom stereocenters. The molecule has 0 aliphatic carbocycles. The van der Waals surface area contributed by atoms with Gasteiger partial charge in [0.2, 0.25) is 5.91 Å². The van der Waals surface area contributed by atoms with Crippen LogP contribution in [0.5, 0.6) is 0 Å². The van der Waals surface area contributed by atoms with Gasteiger partial charge in [0.1, 0.15) is 6.67 Å². The number of halogens is 1. The van der Waals surface area contributed by atoms with E-state index in [9.17, 15) is 9.59 Å². The van der Waals surface area contributed by atoms with E-state index < -0.39 is 5.97 Å². The Balaban J connectivity index is 1.66. The van der Waals surface area contributed by atoms with Crippen molar-refractivity contribution >= 4 is 33.5 Å². The molecule has 2 N–H and O–H groups in total. The number of aromatic carboxylic acids is 1. The Morgan fingerprint density at radius 1 is 1.10 bits per heavy atom. The van der Waals surface area contributed by atoms with Crippen molar-refractivity contribution in [3.63, 3.8) is 0 Å². The summed E-state index contributed by atoms with van der Waals surface area (Å²) in [5.41, 5.74) is 4.20. The predicted octanol–water partition coefficient (Wildman–Crippen LogP) is 2.51. The van der Waals surface area contributed by atoms with Crippen molar-refractivity contribution in [2.45, 2.75) is 47.3 Å². The maximum atomic E-state index is 12.4. The second-order valence-corrected chi connectivity index (χ2v) is 7.56. The number of aryl methyl sites for hydroxylation is 3. The fourth-order valence-electron chi connectivity index (χ4n) is 2.97. The summed E-state index contributed by atoms with van der Waals surface area (Å²) in [7, 11) is 0. The van der Waals surface area contributed by atoms with Crippen LogP contribution in [0.2, 0.25) is 0 Å². The summed E-state index contributed by atoms with van der Waals surface area (Å²) in [4.78, 5) is 23.3. The van der Waals surface area contributed by atoms with Crippen molar-refractivity contribution in [1.82, 2.24) is 29.3 Å². The molecule has 0 unspecified atom stereocenters. The van der Waals surface area contributed by atoms with Crippen LogP contribution in [0.1, 0.15) is 39.6 Å². The highest BCUT2D eigenvalue weighted by Gasteiger charge is 2.16. The van der Waals surface area contributed by atoms with E-state index in [-0.39, 0.29) is 24.4 Å². The van der Waals surface area contributed by atoms with Crippen molar-refractivity contribution in [1.29, 1.82) is 0 Å². The van der Waals surface area contributed by atoms with Gasteiger partial charge < -0.3 is 10.4 Å². The number of nitrogens with zero attached hydrogens (tertiary/aromatic N) is 6. The smallest absolute Gasteiger partial charge is 0.338 e. The van der Waals surface area contributed by atoms with Gasteiger partial charge >= 0.3 is 5.97 Å². The molecule has 0 spiro atoms. The number of carboxylic acids is 1. The topological polar surface area (TPSA) is 120 Å². The monoisotopic (exact) mass is 463 g/mol. The van der Waals surface area contributed by atoms with Crippen LogP contribution in [0.3, 0.4) is 0 Å². The third kappa shape index (κ3) is 4.39. The average molecular weight is 464 g/mol. The highest BCUT2D eigenvalue weighted by molar-refractivity contribution is 9.10. The van der Waals surface area contributed by atoms with E-state index >= 15 is 0 Å². The Bertz CT molecular complexity index is 1080. The fraction of sp³-hybridized carbons (Fsp3) is 0.389. The maximum absolute atomic E-state index is 12.4. The highest BCUT2D eigenvalue weighted by Crippen LogP contribution is 2.22. The molecule has 11 heteroatoms. The van der Waals surface area contributed by atoms with Gasteiger partial charge in [0.15, 0.2) is 0 Å². The number of nitrogens with one attached hydrogen (secondary N) is 1. The molecular weight excluding hydrogens is 442 g/mol. The van der Waals surface area contributed by atoms with Gasteiger partial charge in [0.05, 0.1) is 44.7 Å². The lowest BCUT2D eigenvalue weighted by molar-refractivity contribution is -0.116. The molecule has 0 saturated heterocycles. The third-order valence-corrected chi connectivity index (χ3v) is 5.80. The quantitative estimate of drug-likeness (QED) is 0.555. The van der Waals surface area contributed by atoms with E-state index in [1.807, 2.05) is 32.4 Å². The van der Waals surface area contributed by atoms with Gasteiger partial charge in [-0.1, -0.05) is 0 Å². The molecule has 0 fully saturated rings. The molecule has 3 aromatic heterocycles. The lowest BCUT2D eigenvalue weighted by Crippen LogP contribution is -2.16. The molecule has 154 valence electrons. The Labute approximate surface area is 175 Å². The number of hydrogen-bond acceptors (Lipinski definition) is 5. The summed E-state index contributed by atoms with van der Waals surface area (Å²) in [6.45, 7) is 8.35. The average Bonchev–Trinajstić information content (AvgIpc) is 3.31. The molecular formula is C18H22BrN7O3. The molecule has 29 heavy (non-hydrogen) atoms. The molecule has 3 heterocycles. The summed E-state index contributed by atoms with van der Waals surface area (Å²) in [5, 5.41) is 24.8. The van der Waals surface area contributed by atoms with Crippen LogP contribution in [0.4, 0.5) is 5.69 Å². The van der Waals surface area contributed by atoms with E-state index in [4.69, 9.17) is 5.11 Å². The van der Waals surface area contributed by atoms with Gasteiger partial charge in [0, 0.05) is 19.2 Å². The lowest BCUT2D eigenvalue weighted by atomic mass is 10.3. The maximum Gasteiger partial charge on any atom is 0.338 e. The lowest BCUT2D eigenvalue weighted by Gasteiger charge is -2.09. The Hall–Kier alpha value is -2.95. The number of carbonyl (C=O) groups excluding carboxylic acids is 1. The van der Waals surface area contributed by atoms with Gasteiger partial charge in [-0.3, -0.25) is 9.48 Å². The molecule has 3 aromatic rings. The second-order valence-electron chi connectivity index (χ2n) is 6.77. The number of carbonyl (C=O) groups is 2. The fourth-order valence-corrected chi connectivity index (χ4v) is 3.25. The van der Waals surface area contributed by atoms with Crippen LogP contribution < -0.4 is 5.32 Å². The molecule has 0 bridgehead atoms. The summed E-state index contributed by atoms with van der Waals surface area (Å²) >= 11 is 3.52. The van der Waals surface area contributed by atoms with Gasteiger partial charge in [0.25, 0.3) is 0 Å².